The van der Waals surface area contributed by atoms with Gasteiger partial charge in [-0.15, -0.1) is 0 Å². The van der Waals surface area contributed by atoms with Crippen molar-refractivity contribution in [3.05, 3.63) is 82.2 Å². The lowest BCUT2D eigenvalue weighted by molar-refractivity contribution is 0.103. The molecule has 0 amide bonds. The Morgan fingerprint density at radius 2 is 1.70 bits per heavy atom. The molecule has 3 rings (SSSR count). The highest BCUT2D eigenvalue weighted by atomic mass is 35.5. The van der Waals surface area contributed by atoms with Crippen LogP contribution in [-0.2, 0) is 6.61 Å². The fraction of sp³-hybridized carbons (Fsp3) is 0.111. The number of rotatable bonds is 5. The maximum Gasteiger partial charge on any atom is 0.193 e. The maximum atomic E-state index is 12.3. The largest absolute Gasteiger partial charge is 0.487 e. The third-order valence-corrected chi connectivity index (χ3v) is 3.54. The molecule has 0 saturated heterocycles. The van der Waals surface area contributed by atoms with Crippen molar-refractivity contribution in [3.63, 3.8) is 0 Å². The van der Waals surface area contributed by atoms with Gasteiger partial charge in [0.25, 0.3) is 0 Å². The van der Waals surface area contributed by atoms with Crippen molar-refractivity contribution >= 4 is 17.4 Å². The van der Waals surface area contributed by atoms with Gasteiger partial charge < -0.3 is 9.26 Å². The Hall–Kier alpha value is -2.59. The lowest BCUT2D eigenvalue weighted by Gasteiger charge is -2.05. The van der Waals surface area contributed by atoms with Crippen LogP contribution in [0.15, 0.2) is 59.1 Å². The predicted octanol–water partition coefficient (Wildman–Crippen LogP) is 4.45. The lowest BCUT2D eigenvalue weighted by Crippen LogP contribution is -2.01. The van der Waals surface area contributed by atoms with E-state index in [0.29, 0.717) is 28.5 Å². The second kappa shape index (κ2) is 6.67. The summed E-state index contributed by atoms with van der Waals surface area (Å²) in [7, 11) is 0. The van der Waals surface area contributed by atoms with E-state index in [1.807, 2.05) is 13.0 Å². The fourth-order valence-corrected chi connectivity index (χ4v) is 2.24. The third kappa shape index (κ3) is 3.79. The van der Waals surface area contributed by atoms with Gasteiger partial charge in [0.05, 0.1) is 0 Å². The first-order chi connectivity index (χ1) is 11.1. The topological polar surface area (TPSA) is 52.3 Å². The molecule has 0 aliphatic carbocycles. The van der Waals surface area contributed by atoms with Gasteiger partial charge in [-0.1, -0.05) is 16.8 Å². The van der Waals surface area contributed by atoms with Gasteiger partial charge in [-0.2, -0.15) is 0 Å². The number of carbonyl (C=O) groups is 1. The zero-order chi connectivity index (χ0) is 16.2. The molecule has 0 N–H and O–H groups in total. The number of hydrogen-bond acceptors (Lipinski definition) is 4. The minimum Gasteiger partial charge on any atom is -0.487 e. The van der Waals surface area contributed by atoms with Crippen LogP contribution in [0.2, 0.25) is 5.02 Å². The molecule has 2 aromatic carbocycles. The molecule has 0 spiro atoms. The number of ketones is 1. The van der Waals surface area contributed by atoms with E-state index in [1.165, 1.54) is 0 Å². The van der Waals surface area contributed by atoms with Crippen molar-refractivity contribution < 1.29 is 14.1 Å². The van der Waals surface area contributed by atoms with Gasteiger partial charge in [0, 0.05) is 22.2 Å². The van der Waals surface area contributed by atoms with E-state index in [0.717, 1.165) is 11.5 Å². The van der Waals surface area contributed by atoms with Gasteiger partial charge in [-0.25, -0.2) is 0 Å². The molecular formula is C18H14ClNO3. The van der Waals surface area contributed by atoms with E-state index in [4.69, 9.17) is 20.9 Å². The van der Waals surface area contributed by atoms with Crippen molar-refractivity contribution in [1.82, 2.24) is 5.16 Å². The predicted molar refractivity (Wildman–Crippen MR) is 86.9 cm³/mol. The van der Waals surface area contributed by atoms with Crippen LogP contribution < -0.4 is 4.74 Å². The van der Waals surface area contributed by atoms with E-state index in [9.17, 15) is 4.79 Å². The Bertz CT molecular complexity index is 807. The number of hydrogen-bond donors (Lipinski definition) is 0. The van der Waals surface area contributed by atoms with Crippen LogP contribution in [0.4, 0.5) is 0 Å². The maximum absolute atomic E-state index is 12.3. The summed E-state index contributed by atoms with van der Waals surface area (Å²) in [4.78, 5) is 12.3. The van der Waals surface area contributed by atoms with Crippen molar-refractivity contribution in [2.45, 2.75) is 13.5 Å². The van der Waals surface area contributed by atoms with Crippen LogP contribution in [0.25, 0.3) is 0 Å². The molecule has 0 aliphatic heterocycles. The molecule has 0 unspecified atom stereocenters. The smallest absolute Gasteiger partial charge is 0.193 e. The van der Waals surface area contributed by atoms with E-state index < -0.39 is 0 Å². The van der Waals surface area contributed by atoms with Crippen LogP contribution in [0.3, 0.4) is 0 Å². The van der Waals surface area contributed by atoms with E-state index in [1.54, 1.807) is 48.5 Å². The summed E-state index contributed by atoms with van der Waals surface area (Å²) in [5.74, 6) is 1.35. The lowest BCUT2D eigenvalue weighted by atomic mass is 10.0. The molecule has 0 saturated carbocycles. The van der Waals surface area contributed by atoms with Crippen LogP contribution in [0.1, 0.15) is 27.4 Å². The summed E-state index contributed by atoms with van der Waals surface area (Å²) >= 11 is 5.83. The van der Waals surface area contributed by atoms with Crippen LogP contribution >= 0.6 is 11.6 Å². The second-order valence-electron chi connectivity index (χ2n) is 5.08. The molecule has 0 atom stereocenters. The van der Waals surface area contributed by atoms with E-state index in [-0.39, 0.29) is 5.78 Å². The Labute approximate surface area is 138 Å². The van der Waals surface area contributed by atoms with Crippen molar-refractivity contribution in [1.29, 1.82) is 0 Å². The van der Waals surface area contributed by atoms with Crippen molar-refractivity contribution in [3.8, 4) is 5.75 Å². The molecule has 1 aromatic heterocycles. The number of benzene rings is 2. The number of carbonyl (C=O) groups excluding carboxylic acids is 1. The highest BCUT2D eigenvalue weighted by molar-refractivity contribution is 6.30. The number of ether oxygens (including phenoxy) is 1. The Kier molecular flexibility index (Phi) is 4.44. The quantitative estimate of drug-likeness (QED) is 0.650. The molecule has 3 aromatic rings. The Morgan fingerprint density at radius 1 is 1.09 bits per heavy atom. The first kappa shape index (κ1) is 15.3. The summed E-state index contributed by atoms with van der Waals surface area (Å²) in [6.07, 6.45) is 0. The number of halogens is 1. The van der Waals surface area contributed by atoms with Gasteiger partial charge in [0.1, 0.15) is 23.8 Å². The van der Waals surface area contributed by atoms with Gasteiger partial charge in [0.15, 0.2) is 5.78 Å². The average Bonchev–Trinajstić information content (AvgIpc) is 2.99. The SMILES string of the molecule is Cc1cc(COc2ccc(C(=O)c3ccc(Cl)cc3)cc2)no1. The summed E-state index contributed by atoms with van der Waals surface area (Å²) in [5, 5.41) is 4.46. The van der Waals surface area contributed by atoms with Crippen molar-refractivity contribution in [2.24, 2.45) is 0 Å². The zero-order valence-corrected chi connectivity index (χ0v) is 13.2. The highest BCUT2D eigenvalue weighted by Crippen LogP contribution is 2.18. The molecule has 0 fully saturated rings. The molecule has 0 bridgehead atoms. The van der Waals surface area contributed by atoms with Crippen LogP contribution in [0.5, 0.6) is 5.75 Å². The molecule has 0 radical (unpaired) electrons. The number of nitrogens with zero attached hydrogens (tertiary/aromatic N) is 1. The molecule has 116 valence electrons. The molecule has 1 heterocycles. The molecular weight excluding hydrogens is 314 g/mol. The zero-order valence-electron chi connectivity index (χ0n) is 12.5. The minimum absolute atomic E-state index is 0.0552. The number of aromatic nitrogens is 1. The second-order valence-corrected chi connectivity index (χ2v) is 5.51. The van der Waals surface area contributed by atoms with Crippen LogP contribution in [-0.4, -0.2) is 10.9 Å². The van der Waals surface area contributed by atoms with Gasteiger partial charge in [-0.05, 0) is 55.5 Å². The van der Waals surface area contributed by atoms with Crippen LogP contribution in [0, 0.1) is 6.92 Å². The van der Waals surface area contributed by atoms with Gasteiger partial charge in [-0.3, -0.25) is 4.79 Å². The van der Waals surface area contributed by atoms with Gasteiger partial charge in [0.2, 0.25) is 0 Å². The summed E-state index contributed by atoms with van der Waals surface area (Å²) in [6, 6.07) is 15.6. The summed E-state index contributed by atoms with van der Waals surface area (Å²) in [5.41, 5.74) is 1.92. The minimum atomic E-state index is -0.0552. The third-order valence-electron chi connectivity index (χ3n) is 3.29. The Morgan fingerprint density at radius 3 is 2.26 bits per heavy atom. The van der Waals surface area contributed by atoms with Crippen molar-refractivity contribution in [2.75, 3.05) is 0 Å². The normalized spacial score (nSPS) is 10.5. The summed E-state index contributed by atoms with van der Waals surface area (Å²) in [6.45, 7) is 2.15. The molecule has 23 heavy (non-hydrogen) atoms. The fourth-order valence-electron chi connectivity index (χ4n) is 2.11. The monoisotopic (exact) mass is 327 g/mol. The first-order valence-electron chi connectivity index (χ1n) is 7.07. The summed E-state index contributed by atoms with van der Waals surface area (Å²) < 4.78 is 10.6. The van der Waals surface area contributed by atoms with E-state index >= 15 is 0 Å². The highest BCUT2D eigenvalue weighted by Gasteiger charge is 2.09. The number of aryl methyl sites for hydroxylation is 1. The average molecular weight is 328 g/mol. The standard InChI is InChI=1S/C18H14ClNO3/c1-12-10-16(20-23-12)11-22-17-8-4-14(5-9-17)18(21)13-2-6-15(19)7-3-13/h2-10H,11H2,1H3. The first-order valence-corrected chi connectivity index (χ1v) is 7.45. The Balaban J connectivity index is 1.66. The molecule has 4 nitrogen and oxygen atoms in total. The molecule has 5 heteroatoms. The van der Waals surface area contributed by atoms with E-state index in [2.05, 4.69) is 5.16 Å². The van der Waals surface area contributed by atoms with Gasteiger partial charge >= 0.3 is 0 Å². The molecule has 0 aliphatic rings.